The van der Waals surface area contributed by atoms with Gasteiger partial charge in [0.1, 0.15) is 17.1 Å². The van der Waals surface area contributed by atoms with Gasteiger partial charge in [-0.15, -0.1) is 0 Å². The number of benzene rings is 4. The number of hydrogen-bond acceptors (Lipinski definition) is 4. The summed E-state index contributed by atoms with van der Waals surface area (Å²) >= 11 is 0. The van der Waals surface area contributed by atoms with Crippen molar-refractivity contribution in [3.63, 3.8) is 0 Å². The maximum Gasteiger partial charge on any atom is 0.294 e. The van der Waals surface area contributed by atoms with E-state index in [1.807, 2.05) is 54.6 Å². The molecule has 0 aliphatic heterocycles. The van der Waals surface area contributed by atoms with Gasteiger partial charge in [0.2, 0.25) is 0 Å². The molecule has 0 unspecified atom stereocenters. The van der Waals surface area contributed by atoms with E-state index in [-0.39, 0.29) is 10.6 Å². The highest BCUT2D eigenvalue weighted by molar-refractivity contribution is 7.85. The van der Waals surface area contributed by atoms with E-state index in [4.69, 9.17) is 0 Å². The van der Waals surface area contributed by atoms with Crippen molar-refractivity contribution in [2.45, 2.75) is 4.90 Å². The molecule has 6 nitrogen and oxygen atoms in total. The van der Waals surface area contributed by atoms with Crippen LogP contribution in [0.15, 0.2) is 83.8 Å². The van der Waals surface area contributed by atoms with Crippen LogP contribution in [0.4, 0.5) is 0 Å². The lowest BCUT2D eigenvalue weighted by Gasteiger charge is -2.05. The molecule has 3 N–H and O–H groups in total. The minimum absolute atomic E-state index is 0.261. The maximum atomic E-state index is 11.4. The third-order valence-electron chi connectivity index (χ3n) is 5.08. The molecular weight excluding hydrogens is 400 g/mol. The number of aromatic nitrogens is 2. The number of hydrogen-bond donors (Lipinski definition) is 3. The van der Waals surface area contributed by atoms with E-state index < -0.39 is 10.1 Å². The molecule has 5 rings (SSSR count). The van der Waals surface area contributed by atoms with Crippen molar-refractivity contribution in [2.75, 3.05) is 0 Å². The Morgan fingerprint density at radius 2 is 1.47 bits per heavy atom. The van der Waals surface area contributed by atoms with Crippen LogP contribution in [0.5, 0.6) is 5.75 Å². The Bertz CT molecular complexity index is 1510. The van der Waals surface area contributed by atoms with Gasteiger partial charge in [-0.1, -0.05) is 60.7 Å². The molecule has 0 aliphatic carbocycles. The third-order valence-corrected chi connectivity index (χ3v) is 5.91. The highest BCUT2D eigenvalue weighted by Gasteiger charge is 2.17. The van der Waals surface area contributed by atoms with Gasteiger partial charge in [0.05, 0.1) is 15.8 Å². The zero-order chi connectivity index (χ0) is 20.9. The van der Waals surface area contributed by atoms with Crippen LogP contribution in [0, 0.1) is 0 Å². The van der Waals surface area contributed by atoms with E-state index in [2.05, 4.69) is 9.97 Å². The Morgan fingerprint density at radius 1 is 0.800 bits per heavy atom. The van der Waals surface area contributed by atoms with Crippen molar-refractivity contribution in [3.05, 3.63) is 78.9 Å². The first kappa shape index (κ1) is 18.4. The van der Waals surface area contributed by atoms with Gasteiger partial charge in [-0.2, -0.15) is 8.42 Å². The van der Waals surface area contributed by atoms with E-state index in [1.165, 1.54) is 6.07 Å². The second-order valence-electron chi connectivity index (χ2n) is 7.01. The number of aromatic hydroxyl groups is 1. The molecule has 0 amide bonds. The molecule has 0 atom stereocenters. The average Bonchev–Trinajstić information content (AvgIpc) is 3.18. The van der Waals surface area contributed by atoms with Crippen molar-refractivity contribution in [2.24, 2.45) is 0 Å². The van der Waals surface area contributed by atoms with E-state index in [9.17, 15) is 18.1 Å². The first-order chi connectivity index (χ1) is 14.4. The summed E-state index contributed by atoms with van der Waals surface area (Å²) < 4.78 is 32.2. The number of nitrogens with one attached hydrogen (secondary N) is 1. The van der Waals surface area contributed by atoms with Crippen LogP contribution in [0.25, 0.3) is 44.3 Å². The van der Waals surface area contributed by atoms with Crippen LogP contribution in [0.3, 0.4) is 0 Å². The van der Waals surface area contributed by atoms with E-state index in [1.54, 1.807) is 12.1 Å². The summed E-state index contributed by atoms with van der Waals surface area (Å²) in [6.45, 7) is 0. The fourth-order valence-corrected chi connectivity index (χ4v) is 4.16. The van der Waals surface area contributed by atoms with Crippen LogP contribution in [0.2, 0.25) is 0 Å². The Morgan fingerprint density at radius 3 is 2.17 bits per heavy atom. The number of nitrogens with zero attached hydrogens (tertiary/aromatic N) is 1. The Hall–Kier alpha value is -3.68. The van der Waals surface area contributed by atoms with Crippen LogP contribution >= 0.6 is 0 Å². The van der Waals surface area contributed by atoms with Crippen molar-refractivity contribution in [1.29, 1.82) is 0 Å². The van der Waals surface area contributed by atoms with Crippen LogP contribution < -0.4 is 0 Å². The average molecular weight is 416 g/mol. The molecule has 0 saturated carbocycles. The molecule has 1 aromatic heterocycles. The normalized spacial score (nSPS) is 11.9. The van der Waals surface area contributed by atoms with Crippen LogP contribution in [-0.4, -0.2) is 28.0 Å². The molecule has 0 fully saturated rings. The maximum absolute atomic E-state index is 11.4. The number of fused-ring (bicyclic) bond motifs is 3. The monoisotopic (exact) mass is 416 g/mol. The fraction of sp³-hybridized carbons (Fsp3) is 0. The van der Waals surface area contributed by atoms with E-state index >= 15 is 0 Å². The van der Waals surface area contributed by atoms with Crippen LogP contribution in [0.1, 0.15) is 0 Å². The summed E-state index contributed by atoms with van der Waals surface area (Å²) in [6, 6.07) is 23.8. The topological polar surface area (TPSA) is 103 Å². The van der Waals surface area contributed by atoms with Gasteiger partial charge in [-0.3, -0.25) is 4.55 Å². The lowest BCUT2D eigenvalue weighted by Crippen LogP contribution is -1.97. The standard InChI is InChI=1S/C23H16N2O4S/c26-20-13-18(30(27,28)29)12-17-10-11-19-22(21(17)20)25-23(24-19)16-8-6-15(7-9-16)14-4-2-1-3-5-14/h1-13,26H,(H,24,25)(H,27,28,29). The zero-order valence-corrected chi connectivity index (χ0v) is 16.4. The summed E-state index contributed by atoms with van der Waals surface area (Å²) in [5.74, 6) is 0.374. The number of phenolic OH excluding ortho intramolecular Hbond substituents is 1. The lowest BCUT2D eigenvalue weighted by atomic mass is 10.0. The van der Waals surface area contributed by atoms with Crippen LogP contribution in [-0.2, 0) is 10.1 Å². The fourth-order valence-electron chi connectivity index (χ4n) is 3.62. The second kappa shape index (κ2) is 6.69. The summed E-state index contributed by atoms with van der Waals surface area (Å²) in [7, 11) is -4.42. The summed E-state index contributed by atoms with van der Waals surface area (Å²) in [6.07, 6.45) is 0. The third kappa shape index (κ3) is 3.10. The quantitative estimate of drug-likeness (QED) is 0.359. The summed E-state index contributed by atoms with van der Waals surface area (Å²) in [5, 5.41) is 11.3. The van der Waals surface area contributed by atoms with Gasteiger partial charge in [0, 0.05) is 11.6 Å². The van der Waals surface area contributed by atoms with Gasteiger partial charge in [0.25, 0.3) is 10.1 Å². The van der Waals surface area contributed by atoms with Crippen molar-refractivity contribution < 1.29 is 18.1 Å². The molecule has 0 aliphatic rings. The largest absolute Gasteiger partial charge is 0.507 e. The molecule has 7 heteroatoms. The van der Waals surface area contributed by atoms with E-state index in [0.29, 0.717) is 27.6 Å². The van der Waals surface area contributed by atoms with Crippen molar-refractivity contribution >= 4 is 31.9 Å². The molecule has 0 radical (unpaired) electrons. The highest BCUT2D eigenvalue weighted by atomic mass is 32.2. The minimum atomic E-state index is -4.42. The molecule has 4 aromatic carbocycles. The molecule has 1 heterocycles. The minimum Gasteiger partial charge on any atom is -0.507 e. The van der Waals surface area contributed by atoms with Crippen molar-refractivity contribution in [1.82, 2.24) is 9.97 Å². The first-order valence-electron chi connectivity index (χ1n) is 9.19. The molecule has 30 heavy (non-hydrogen) atoms. The highest BCUT2D eigenvalue weighted by Crippen LogP contribution is 2.35. The number of aromatic amines is 1. The lowest BCUT2D eigenvalue weighted by molar-refractivity contribution is 0.471. The van der Waals surface area contributed by atoms with Gasteiger partial charge in [-0.25, -0.2) is 4.98 Å². The zero-order valence-electron chi connectivity index (χ0n) is 15.6. The predicted octanol–water partition coefficient (Wildman–Crippen LogP) is 5.00. The van der Waals surface area contributed by atoms with Gasteiger partial charge < -0.3 is 10.1 Å². The molecular formula is C23H16N2O4S. The Balaban J connectivity index is 1.62. The van der Waals surface area contributed by atoms with Crippen molar-refractivity contribution in [3.8, 4) is 28.3 Å². The van der Waals surface area contributed by atoms with E-state index in [0.717, 1.165) is 22.8 Å². The number of rotatable bonds is 3. The molecule has 0 saturated heterocycles. The summed E-state index contributed by atoms with van der Waals surface area (Å²) in [4.78, 5) is 7.52. The molecule has 148 valence electrons. The van der Waals surface area contributed by atoms with Gasteiger partial charge >= 0.3 is 0 Å². The smallest absolute Gasteiger partial charge is 0.294 e. The number of imidazole rings is 1. The predicted molar refractivity (Wildman–Crippen MR) is 116 cm³/mol. The second-order valence-corrected chi connectivity index (χ2v) is 8.43. The molecule has 0 bridgehead atoms. The van der Waals surface area contributed by atoms with Gasteiger partial charge in [0.15, 0.2) is 0 Å². The molecule has 5 aromatic rings. The first-order valence-corrected chi connectivity index (χ1v) is 10.6. The molecule has 0 spiro atoms. The van der Waals surface area contributed by atoms with Gasteiger partial charge in [-0.05, 0) is 28.6 Å². The Labute approximate surface area is 172 Å². The number of H-pyrrole nitrogens is 1. The Kier molecular flexibility index (Phi) is 4.09. The summed E-state index contributed by atoms with van der Waals surface area (Å²) in [5.41, 5.74) is 4.33. The SMILES string of the molecule is O=S(=O)(O)c1cc(O)c2c(ccc3[nH]c(-c4ccc(-c5ccccc5)cc4)nc32)c1. The number of phenols is 1.